The third-order valence-corrected chi connectivity index (χ3v) is 6.29. The van der Waals surface area contributed by atoms with E-state index in [4.69, 9.17) is 4.52 Å². The van der Waals surface area contributed by atoms with Gasteiger partial charge >= 0.3 is 12.1 Å². The summed E-state index contributed by atoms with van der Waals surface area (Å²) in [6.45, 7) is 5.54. The first kappa shape index (κ1) is 28.0. The highest BCUT2D eigenvalue weighted by atomic mass is 19.4. The van der Waals surface area contributed by atoms with Crippen molar-refractivity contribution in [1.29, 1.82) is 0 Å². The van der Waals surface area contributed by atoms with Crippen LogP contribution in [0.15, 0.2) is 65.2 Å². The lowest BCUT2D eigenvalue weighted by atomic mass is 9.94. The molecule has 1 aromatic heterocycles. The van der Waals surface area contributed by atoms with E-state index < -0.39 is 29.6 Å². The van der Waals surface area contributed by atoms with Gasteiger partial charge in [0.2, 0.25) is 5.82 Å². The van der Waals surface area contributed by atoms with Crippen LogP contribution in [0, 0.1) is 18.7 Å². The van der Waals surface area contributed by atoms with Crippen LogP contribution in [0.25, 0.3) is 34.0 Å². The van der Waals surface area contributed by atoms with Gasteiger partial charge in [0.15, 0.2) is 0 Å². The van der Waals surface area contributed by atoms with E-state index in [0.29, 0.717) is 17.5 Å². The molecule has 0 bridgehead atoms. The smallest absolute Gasteiger partial charge is 0.417 e. The van der Waals surface area contributed by atoms with E-state index in [1.165, 1.54) is 30.3 Å². The standard InChI is InChI=1S/C29H27F4N3O3/c1-16(2)12-25(28(37)38)34-15-20-9-8-18(14-24(20)30)26-35-27(39-36-26)19-10-11-22(23(13-19)29(31,32)33)21-7-5-4-6-17(21)3/h4-11,13-14,16,25,34H,12,15H2,1-3H3,(H,37,38). The molecule has 0 spiro atoms. The summed E-state index contributed by atoms with van der Waals surface area (Å²) < 4.78 is 62.0. The molecule has 1 atom stereocenters. The van der Waals surface area contributed by atoms with Gasteiger partial charge in [-0.25, -0.2) is 4.39 Å². The van der Waals surface area contributed by atoms with Crippen molar-refractivity contribution in [3.8, 4) is 34.0 Å². The summed E-state index contributed by atoms with van der Waals surface area (Å²) in [7, 11) is 0. The molecule has 0 amide bonds. The largest absolute Gasteiger partial charge is 0.480 e. The fourth-order valence-corrected chi connectivity index (χ4v) is 4.29. The monoisotopic (exact) mass is 541 g/mol. The summed E-state index contributed by atoms with van der Waals surface area (Å²) in [5.41, 5.74) is 0.948. The highest BCUT2D eigenvalue weighted by Gasteiger charge is 2.35. The van der Waals surface area contributed by atoms with Crippen LogP contribution >= 0.6 is 0 Å². The maximum absolute atomic E-state index is 14.8. The van der Waals surface area contributed by atoms with Crippen LogP contribution < -0.4 is 5.32 Å². The maximum atomic E-state index is 14.8. The molecule has 0 aliphatic heterocycles. The second-order valence-electron chi connectivity index (χ2n) is 9.70. The van der Waals surface area contributed by atoms with Crippen molar-refractivity contribution in [3.05, 3.63) is 83.2 Å². The molecule has 0 fully saturated rings. The maximum Gasteiger partial charge on any atom is 0.417 e. The second-order valence-corrected chi connectivity index (χ2v) is 9.70. The topological polar surface area (TPSA) is 88.2 Å². The van der Waals surface area contributed by atoms with E-state index in [0.717, 1.165) is 6.07 Å². The number of aliphatic carboxylic acids is 1. The highest BCUT2D eigenvalue weighted by molar-refractivity contribution is 5.75. The molecule has 0 aliphatic rings. The predicted octanol–water partition coefficient (Wildman–Crippen LogP) is 7.13. The lowest BCUT2D eigenvalue weighted by Crippen LogP contribution is -2.37. The molecule has 0 saturated heterocycles. The molecule has 6 nitrogen and oxygen atoms in total. The van der Waals surface area contributed by atoms with Crippen LogP contribution in [0.4, 0.5) is 17.6 Å². The van der Waals surface area contributed by atoms with Gasteiger partial charge in [0.05, 0.1) is 5.56 Å². The van der Waals surface area contributed by atoms with E-state index in [-0.39, 0.29) is 46.4 Å². The normalized spacial score (nSPS) is 12.6. The van der Waals surface area contributed by atoms with Crippen LogP contribution in [0.1, 0.15) is 37.0 Å². The van der Waals surface area contributed by atoms with Crippen molar-refractivity contribution in [2.45, 2.75) is 46.0 Å². The summed E-state index contributed by atoms with van der Waals surface area (Å²) in [6, 6.07) is 14.0. The fourth-order valence-electron chi connectivity index (χ4n) is 4.29. The average molecular weight is 542 g/mol. The van der Waals surface area contributed by atoms with Crippen molar-refractivity contribution in [1.82, 2.24) is 15.5 Å². The Labute approximate surface area is 222 Å². The van der Waals surface area contributed by atoms with Crippen LogP contribution in [0.5, 0.6) is 0 Å². The first-order valence-electron chi connectivity index (χ1n) is 12.3. The third kappa shape index (κ3) is 6.51. The van der Waals surface area contributed by atoms with Crippen molar-refractivity contribution >= 4 is 5.97 Å². The molecular weight excluding hydrogens is 514 g/mol. The van der Waals surface area contributed by atoms with E-state index in [9.17, 15) is 27.5 Å². The van der Waals surface area contributed by atoms with Crippen LogP contribution in [-0.4, -0.2) is 27.3 Å². The zero-order valence-corrected chi connectivity index (χ0v) is 21.5. The number of nitrogens with zero attached hydrogens (tertiary/aromatic N) is 2. The first-order valence-corrected chi connectivity index (χ1v) is 12.3. The molecule has 1 heterocycles. The van der Waals surface area contributed by atoms with Crippen molar-refractivity contribution < 1.29 is 32.0 Å². The van der Waals surface area contributed by atoms with Gasteiger partial charge in [-0.3, -0.25) is 4.79 Å². The zero-order chi connectivity index (χ0) is 28.3. The lowest BCUT2D eigenvalue weighted by Gasteiger charge is -2.16. The number of hydrogen-bond acceptors (Lipinski definition) is 5. The molecule has 39 heavy (non-hydrogen) atoms. The molecule has 0 aliphatic carbocycles. The van der Waals surface area contributed by atoms with Crippen molar-refractivity contribution in [2.24, 2.45) is 5.92 Å². The number of nitrogens with one attached hydrogen (secondary N) is 1. The Morgan fingerprint density at radius 3 is 2.38 bits per heavy atom. The fraction of sp³-hybridized carbons (Fsp3) is 0.276. The molecule has 2 N–H and O–H groups in total. The number of aryl methyl sites for hydroxylation is 1. The molecule has 0 saturated carbocycles. The van der Waals surface area contributed by atoms with Crippen molar-refractivity contribution in [2.75, 3.05) is 0 Å². The molecule has 10 heteroatoms. The van der Waals surface area contributed by atoms with Gasteiger partial charge in [0, 0.05) is 23.2 Å². The Bertz CT molecular complexity index is 1480. The number of alkyl halides is 3. The molecule has 4 aromatic rings. The third-order valence-electron chi connectivity index (χ3n) is 6.29. The first-order chi connectivity index (χ1) is 18.4. The number of rotatable bonds is 9. The van der Waals surface area contributed by atoms with E-state index >= 15 is 0 Å². The Kier molecular flexibility index (Phi) is 8.15. The highest BCUT2D eigenvalue weighted by Crippen LogP contribution is 2.40. The van der Waals surface area contributed by atoms with Crippen LogP contribution in [0.2, 0.25) is 0 Å². The Morgan fingerprint density at radius 1 is 1.03 bits per heavy atom. The van der Waals surface area contributed by atoms with Gasteiger partial charge in [-0.05, 0) is 54.2 Å². The number of benzene rings is 3. The van der Waals surface area contributed by atoms with Gasteiger partial charge < -0.3 is 14.9 Å². The molecule has 1 unspecified atom stereocenters. The minimum Gasteiger partial charge on any atom is -0.480 e. The minimum atomic E-state index is -4.63. The number of aromatic nitrogens is 2. The van der Waals surface area contributed by atoms with E-state index in [1.807, 2.05) is 13.8 Å². The van der Waals surface area contributed by atoms with E-state index in [2.05, 4.69) is 15.5 Å². The van der Waals surface area contributed by atoms with Gasteiger partial charge in [0.25, 0.3) is 5.89 Å². The van der Waals surface area contributed by atoms with Gasteiger partial charge in [-0.15, -0.1) is 0 Å². The molecular formula is C29H27F4N3O3. The number of carboxylic acid groups (broad SMARTS) is 1. The summed E-state index contributed by atoms with van der Waals surface area (Å²) in [6.07, 6.45) is -4.24. The number of halogens is 4. The second kappa shape index (κ2) is 11.4. The molecule has 4 rings (SSSR count). The number of carboxylic acids is 1. The van der Waals surface area contributed by atoms with Gasteiger partial charge in [-0.1, -0.05) is 61.5 Å². The molecule has 3 aromatic carbocycles. The predicted molar refractivity (Wildman–Crippen MR) is 138 cm³/mol. The summed E-state index contributed by atoms with van der Waals surface area (Å²) in [5, 5.41) is 16.0. The number of carbonyl (C=O) groups is 1. The zero-order valence-electron chi connectivity index (χ0n) is 21.5. The summed E-state index contributed by atoms with van der Waals surface area (Å²) in [5.74, 6) is -1.62. The quantitative estimate of drug-likeness (QED) is 0.219. The minimum absolute atomic E-state index is 0.000745. The van der Waals surface area contributed by atoms with E-state index in [1.54, 1.807) is 31.2 Å². The summed E-state index contributed by atoms with van der Waals surface area (Å²) >= 11 is 0. The Balaban J connectivity index is 1.58. The average Bonchev–Trinajstić information content (AvgIpc) is 3.37. The van der Waals surface area contributed by atoms with Gasteiger partial charge in [0.1, 0.15) is 11.9 Å². The van der Waals surface area contributed by atoms with Crippen molar-refractivity contribution in [3.63, 3.8) is 0 Å². The Morgan fingerprint density at radius 2 is 1.74 bits per heavy atom. The van der Waals surface area contributed by atoms with Gasteiger partial charge in [-0.2, -0.15) is 18.2 Å². The van der Waals surface area contributed by atoms with Crippen LogP contribution in [-0.2, 0) is 17.5 Å². The summed E-state index contributed by atoms with van der Waals surface area (Å²) in [4.78, 5) is 15.6. The number of hydrogen-bond donors (Lipinski definition) is 2. The SMILES string of the molecule is Cc1ccccc1-c1ccc(-c2nc(-c3ccc(CNC(CC(C)C)C(=O)O)c(F)c3)no2)cc1C(F)(F)F. The Hall–Kier alpha value is -4.05. The molecule has 0 radical (unpaired) electrons. The lowest BCUT2D eigenvalue weighted by molar-refractivity contribution is -0.140. The molecule has 204 valence electrons. The van der Waals surface area contributed by atoms with Crippen LogP contribution in [0.3, 0.4) is 0 Å².